The molecule has 0 unspecified atom stereocenters. The highest BCUT2D eigenvalue weighted by Crippen LogP contribution is 2.23. The molecule has 1 saturated heterocycles. The highest BCUT2D eigenvalue weighted by molar-refractivity contribution is 5.92. The maximum atomic E-state index is 12.7. The van der Waals surface area contributed by atoms with Crippen molar-refractivity contribution in [1.29, 1.82) is 0 Å². The first kappa shape index (κ1) is 16.2. The topological polar surface area (TPSA) is 94.1 Å². The van der Waals surface area contributed by atoms with Gasteiger partial charge in [0.05, 0.1) is 18.7 Å². The van der Waals surface area contributed by atoms with Crippen LogP contribution >= 0.6 is 0 Å². The molecule has 0 aliphatic carbocycles. The number of aromatic nitrogens is 3. The van der Waals surface area contributed by atoms with Gasteiger partial charge in [0.2, 0.25) is 5.91 Å². The summed E-state index contributed by atoms with van der Waals surface area (Å²) < 4.78 is 1.64. The van der Waals surface area contributed by atoms with E-state index in [-0.39, 0.29) is 23.8 Å². The molecule has 2 heterocycles. The Morgan fingerprint density at radius 1 is 1.25 bits per heavy atom. The number of rotatable bonds is 4. The van der Waals surface area contributed by atoms with Gasteiger partial charge >= 0.3 is 0 Å². The molecule has 3 rings (SSSR count). The second-order valence-corrected chi connectivity index (χ2v) is 6.27. The first-order chi connectivity index (χ1) is 11.5. The van der Waals surface area contributed by atoms with Crippen LogP contribution in [-0.2, 0) is 11.3 Å². The molecule has 1 aliphatic rings. The quantitative estimate of drug-likeness (QED) is 0.908. The van der Waals surface area contributed by atoms with Crippen LogP contribution in [0.3, 0.4) is 0 Å². The fraction of sp³-hybridized carbons (Fsp3) is 0.412. The maximum Gasteiger partial charge on any atom is 0.276 e. The summed E-state index contributed by atoms with van der Waals surface area (Å²) in [7, 11) is 0. The lowest BCUT2D eigenvalue weighted by Gasteiger charge is -2.36. The van der Waals surface area contributed by atoms with E-state index in [4.69, 9.17) is 5.73 Å². The zero-order valence-electron chi connectivity index (χ0n) is 13.6. The van der Waals surface area contributed by atoms with E-state index in [2.05, 4.69) is 10.3 Å². The predicted molar refractivity (Wildman–Crippen MR) is 88.0 cm³/mol. The maximum absolute atomic E-state index is 12.7. The minimum absolute atomic E-state index is 0.0624. The molecule has 0 radical (unpaired) electrons. The molecule has 24 heavy (non-hydrogen) atoms. The van der Waals surface area contributed by atoms with Gasteiger partial charge in [-0.05, 0) is 25.3 Å². The Morgan fingerprint density at radius 3 is 2.71 bits per heavy atom. The zero-order chi connectivity index (χ0) is 17.1. The van der Waals surface area contributed by atoms with Crippen LogP contribution in [0.25, 0.3) is 0 Å². The molecular formula is C17H21N5O2. The zero-order valence-corrected chi connectivity index (χ0v) is 13.6. The molecule has 1 aromatic heterocycles. The molecule has 1 aromatic carbocycles. The molecule has 2 N–H and O–H groups in total. The van der Waals surface area contributed by atoms with E-state index in [1.807, 2.05) is 37.3 Å². The van der Waals surface area contributed by atoms with Crippen molar-refractivity contribution in [2.75, 3.05) is 6.54 Å². The predicted octanol–water partition coefficient (Wildman–Crippen LogP) is 1.05. The van der Waals surface area contributed by atoms with Crippen molar-refractivity contribution < 1.29 is 9.59 Å². The molecule has 0 saturated carbocycles. The van der Waals surface area contributed by atoms with Crippen molar-refractivity contribution in [3.05, 3.63) is 47.8 Å². The lowest BCUT2D eigenvalue weighted by molar-refractivity contribution is -0.123. The van der Waals surface area contributed by atoms with Crippen LogP contribution < -0.4 is 5.73 Å². The number of hydrogen-bond acceptors (Lipinski definition) is 4. The van der Waals surface area contributed by atoms with E-state index in [0.717, 1.165) is 18.4 Å². The number of nitrogens with two attached hydrogens (primary N) is 1. The minimum Gasteiger partial charge on any atom is -0.369 e. The van der Waals surface area contributed by atoms with Crippen molar-refractivity contribution in [2.45, 2.75) is 32.4 Å². The fourth-order valence-corrected chi connectivity index (χ4v) is 3.01. The third-order valence-corrected chi connectivity index (χ3v) is 4.49. The Morgan fingerprint density at radius 2 is 2.00 bits per heavy atom. The average molecular weight is 327 g/mol. The smallest absolute Gasteiger partial charge is 0.276 e. The summed E-state index contributed by atoms with van der Waals surface area (Å²) in [5.74, 6) is -0.843. The monoisotopic (exact) mass is 327 g/mol. The van der Waals surface area contributed by atoms with Gasteiger partial charge in [0.1, 0.15) is 0 Å². The largest absolute Gasteiger partial charge is 0.369 e. The Hall–Kier alpha value is -2.70. The van der Waals surface area contributed by atoms with Gasteiger partial charge in [-0.1, -0.05) is 35.5 Å². The first-order valence-corrected chi connectivity index (χ1v) is 8.09. The number of primary amides is 1. The minimum atomic E-state index is -0.354. The Balaban J connectivity index is 1.72. The van der Waals surface area contributed by atoms with Gasteiger partial charge in [0.15, 0.2) is 5.69 Å². The van der Waals surface area contributed by atoms with Gasteiger partial charge < -0.3 is 10.6 Å². The lowest BCUT2D eigenvalue weighted by Crippen LogP contribution is -2.48. The summed E-state index contributed by atoms with van der Waals surface area (Å²) in [5.41, 5.74) is 6.77. The summed E-state index contributed by atoms with van der Waals surface area (Å²) in [6.45, 7) is 2.88. The SMILES string of the molecule is C[C@H]1CC[C@@H](C(N)=O)CN1C(=O)c1cn(Cc2ccccc2)nn1. The third-order valence-electron chi connectivity index (χ3n) is 4.49. The van der Waals surface area contributed by atoms with Crippen LogP contribution in [-0.4, -0.2) is 44.3 Å². The van der Waals surface area contributed by atoms with E-state index in [1.54, 1.807) is 15.8 Å². The number of amides is 2. The molecule has 2 aromatic rings. The van der Waals surface area contributed by atoms with E-state index in [9.17, 15) is 9.59 Å². The highest BCUT2D eigenvalue weighted by Gasteiger charge is 2.33. The average Bonchev–Trinajstić information content (AvgIpc) is 3.04. The Kier molecular flexibility index (Phi) is 4.59. The van der Waals surface area contributed by atoms with Crippen molar-refractivity contribution in [2.24, 2.45) is 11.7 Å². The van der Waals surface area contributed by atoms with E-state index in [0.29, 0.717) is 18.8 Å². The van der Waals surface area contributed by atoms with Gasteiger partial charge in [0, 0.05) is 12.6 Å². The van der Waals surface area contributed by atoms with Crippen LogP contribution in [0, 0.1) is 5.92 Å². The van der Waals surface area contributed by atoms with E-state index < -0.39 is 0 Å². The first-order valence-electron chi connectivity index (χ1n) is 8.09. The molecule has 2 amide bonds. The number of benzene rings is 1. The summed E-state index contributed by atoms with van der Waals surface area (Å²) in [5, 5.41) is 8.03. The number of likely N-dealkylation sites (tertiary alicyclic amines) is 1. The van der Waals surface area contributed by atoms with Gasteiger partial charge in [-0.2, -0.15) is 0 Å². The van der Waals surface area contributed by atoms with Crippen molar-refractivity contribution in [3.63, 3.8) is 0 Å². The number of carbonyl (C=O) groups is 2. The summed E-state index contributed by atoms with van der Waals surface area (Å²) in [6, 6.07) is 9.91. The van der Waals surface area contributed by atoms with E-state index >= 15 is 0 Å². The number of nitrogens with zero attached hydrogens (tertiary/aromatic N) is 4. The molecule has 126 valence electrons. The van der Waals surface area contributed by atoms with Crippen LogP contribution in [0.2, 0.25) is 0 Å². The Bertz CT molecular complexity index is 728. The van der Waals surface area contributed by atoms with Crippen LogP contribution in [0.4, 0.5) is 0 Å². The number of piperidine rings is 1. The van der Waals surface area contributed by atoms with Gasteiger partial charge in [-0.15, -0.1) is 5.10 Å². The van der Waals surface area contributed by atoms with Crippen molar-refractivity contribution >= 4 is 11.8 Å². The highest BCUT2D eigenvalue weighted by atomic mass is 16.2. The molecule has 2 atom stereocenters. The van der Waals surface area contributed by atoms with Crippen LogP contribution in [0.1, 0.15) is 35.8 Å². The third kappa shape index (κ3) is 3.45. The summed E-state index contributed by atoms with van der Waals surface area (Å²) in [4.78, 5) is 25.8. The molecule has 0 bridgehead atoms. The number of hydrogen-bond donors (Lipinski definition) is 1. The molecular weight excluding hydrogens is 306 g/mol. The van der Waals surface area contributed by atoms with Crippen LogP contribution in [0.5, 0.6) is 0 Å². The van der Waals surface area contributed by atoms with Gasteiger partial charge in [-0.3, -0.25) is 9.59 Å². The second-order valence-electron chi connectivity index (χ2n) is 6.27. The van der Waals surface area contributed by atoms with Crippen molar-refractivity contribution in [3.8, 4) is 0 Å². The number of carbonyl (C=O) groups excluding carboxylic acids is 2. The summed E-state index contributed by atoms with van der Waals surface area (Å²) >= 11 is 0. The molecule has 7 heteroatoms. The Labute approximate surface area is 140 Å². The molecule has 0 spiro atoms. The van der Waals surface area contributed by atoms with Gasteiger partial charge in [0.25, 0.3) is 5.91 Å². The second kappa shape index (κ2) is 6.82. The molecule has 7 nitrogen and oxygen atoms in total. The van der Waals surface area contributed by atoms with E-state index in [1.165, 1.54) is 0 Å². The molecule has 1 aliphatic heterocycles. The van der Waals surface area contributed by atoms with Crippen molar-refractivity contribution in [1.82, 2.24) is 19.9 Å². The normalized spacial score (nSPS) is 20.8. The fourth-order valence-electron chi connectivity index (χ4n) is 3.01. The van der Waals surface area contributed by atoms with Gasteiger partial charge in [-0.25, -0.2) is 4.68 Å². The van der Waals surface area contributed by atoms with Crippen LogP contribution in [0.15, 0.2) is 36.5 Å². The standard InChI is InChI=1S/C17H21N5O2/c1-12-7-8-14(16(18)23)10-22(12)17(24)15-11-21(20-19-15)9-13-5-3-2-4-6-13/h2-6,11-12,14H,7-10H2,1H3,(H2,18,23)/t12-,14+/m0/s1. The lowest BCUT2D eigenvalue weighted by atomic mass is 9.92. The summed E-state index contributed by atoms with van der Waals surface area (Å²) in [6.07, 6.45) is 3.13. The molecule has 1 fully saturated rings.